The van der Waals surface area contributed by atoms with Gasteiger partial charge in [0.2, 0.25) is 5.78 Å². The second-order valence-electron chi connectivity index (χ2n) is 9.37. The molecule has 0 spiro atoms. The van der Waals surface area contributed by atoms with Crippen molar-refractivity contribution in [3.63, 3.8) is 0 Å². The molecule has 174 valence electrons. The van der Waals surface area contributed by atoms with Gasteiger partial charge in [-0.05, 0) is 57.7 Å². The smallest absolute Gasteiger partial charge is 0.309 e. The van der Waals surface area contributed by atoms with Crippen LogP contribution in [-0.4, -0.2) is 41.9 Å². The Balaban J connectivity index is 1.27. The quantitative estimate of drug-likeness (QED) is 0.505. The molecule has 0 N–H and O–H groups in total. The Morgan fingerprint density at radius 1 is 1.03 bits per heavy atom. The van der Waals surface area contributed by atoms with Gasteiger partial charge in [0, 0.05) is 40.5 Å². The summed E-state index contributed by atoms with van der Waals surface area (Å²) in [6, 6.07) is 7.54. The van der Waals surface area contributed by atoms with Crippen LogP contribution in [0.25, 0.3) is 5.69 Å². The average Bonchev–Trinajstić information content (AvgIpc) is 3.10. The second-order valence-corrected chi connectivity index (χ2v) is 9.37. The van der Waals surface area contributed by atoms with Crippen molar-refractivity contribution in [2.45, 2.75) is 46.0 Å². The summed E-state index contributed by atoms with van der Waals surface area (Å²) in [5.41, 5.74) is 3.09. The van der Waals surface area contributed by atoms with Crippen LogP contribution in [-0.2, 0) is 14.3 Å². The Kier molecular flexibility index (Phi) is 5.72. The van der Waals surface area contributed by atoms with E-state index in [0.29, 0.717) is 48.9 Å². The number of carbonyl (C=O) groups is 3. The third kappa shape index (κ3) is 4.05. The molecule has 0 saturated heterocycles. The first-order valence-electron chi connectivity index (χ1n) is 11.7. The highest BCUT2D eigenvalue weighted by molar-refractivity contribution is 5.99. The van der Waals surface area contributed by atoms with Crippen molar-refractivity contribution in [3.8, 4) is 17.2 Å². The highest BCUT2D eigenvalue weighted by atomic mass is 16.6. The summed E-state index contributed by atoms with van der Waals surface area (Å²) < 4.78 is 18.7. The number of ketones is 2. The molecule has 2 unspecified atom stereocenters. The molecule has 3 aliphatic rings. The van der Waals surface area contributed by atoms with Crippen LogP contribution in [0.2, 0.25) is 0 Å². The van der Waals surface area contributed by atoms with Crippen LogP contribution in [0.4, 0.5) is 0 Å². The van der Waals surface area contributed by atoms with Gasteiger partial charge < -0.3 is 18.8 Å². The van der Waals surface area contributed by atoms with Gasteiger partial charge in [0.25, 0.3) is 0 Å². The average molecular weight is 452 g/mol. The molecular formula is C26H29NO6. The number of Topliss-reactive ketones (excluding diaryl/α,β-unsaturated/α-hetero) is 2. The number of aromatic nitrogens is 1. The fourth-order valence-corrected chi connectivity index (χ4v) is 5.62. The number of hydrogen-bond acceptors (Lipinski definition) is 6. The number of nitrogens with zero attached hydrogens (tertiary/aromatic N) is 1. The molecule has 33 heavy (non-hydrogen) atoms. The molecule has 1 aromatic heterocycles. The number of benzene rings is 1. The van der Waals surface area contributed by atoms with E-state index in [9.17, 15) is 14.4 Å². The fourth-order valence-electron chi connectivity index (χ4n) is 5.62. The first kappa shape index (κ1) is 21.7. The Bertz CT molecular complexity index is 1100. The third-order valence-electron chi connectivity index (χ3n) is 7.24. The lowest BCUT2D eigenvalue weighted by Gasteiger charge is -2.36. The lowest BCUT2D eigenvalue weighted by Crippen LogP contribution is -2.39. The van der Waals surface area contributed by atoms with E-state index >= 15 is 0 Å². The number of ether oxygens (including phenoxy) is 3. The van der Waals surface area contributed by atoms with E-state index in [1.165, 1.54) is 0 Å². The van der Waals surface area contributed by atoms with Crippen LogP contribution in [0.15, 0.2) is 24.3 Å². The molecule has 2 saturated carbocycles. The number of fused-ring (bicyclic) bond motifs is 3. The van der Waals surface area contributed by atoms with E-state index in [4.69, 9.17) is 14.2 Å². The molecular weight excluding hydrogens is 422 g/mol. The molecule has 1 aliphatic heterocycles. The minimum atomic E-state index is -0.353. The zero-order valence-electron chi connectivity index (χ0n) is 19.1. The Morgan fingerprint density at radius 2 is 1.73 bits per heavy atom. The van der Waals surface area contributed by atoms with E-state index < -0.39 is 0 Å². The molecule has 2 fully saturated rings. The number of aryl methyl sites for hydroxylation is 1. The standard InChI is InChI=1S/C26H29NO6/c1-15-10-21(16(2)27(15)20-6-7-23-24(13-20)32-9-8-31-23)22(28)14-33-26(30)19-11-17-4-3-5-18(12-19)25(17)29/h6-7,10,13,17-19H,3-5,8-9,11-12,14H2,1-2H3. The van der Waals surface area contributed by atoms with Gasteiger partial charge in [0.05, 0.1) is 5.92 Å². The van der Waals surface area contributed by atoms with Crippen LogP contribution in [0.3, 0.4) is 0 Å². The zero-order valence-corrected chi connectivity index (χ0v) is 19.1. The monoisotopic (exact) mass is 451 g/mol. The van der Waals surface area contributed by atoms with Crippen molar-refractivity contribution < 1.29 is 28.6 Å². The zero-order chi connectivity index (χ0) is 23.1. The van der Waals surface area contributed by atoms with Gasteiger partial charge >= 0.3 is 5.97 Å². The number of carbonyl (C=O) groups excluding carboxylic acids is 3. The number of esters is 1. The van der Waals surface area contributed by atoms with Crippen molar-refractivity contribution in [1.82, 2.24) is 4.57 Å². The summed E-state index contributed by atoms with van der Waals surface area (Å²) in [6.45, 7) is 4.57. The van der Waals surface area contributed by atoms with E-state index in [1.54, 1.807) is 0 Å². The summed E-state index contributed by atoms with van der Waals surface area (Å²) in [4.78, 5) is 37.9. The van der Waals surface area contributed by atoms with Crippen LogP contribution in [0.1, 0.15) is 53.8 Å². The van der Waals surface area contributed by atoms with Gasteiger partial charge in [0.1, 0.15) is 19.0 Å². The van der Waals surface area contributed by atoms with E-state index in [1.807, 2.05) is 42.7 Å². The Morgan fingerprint density at radius 3 is 2.45 bits per heavy atom. The molecule has 7 nitrogen and oxygen atoms in total. The highest BCUT2D eigenvalue weighted by Gasteiger charge is 2.42. The maximum atomic E-state index is 12.9. The van der Waals surface area contributed by atoms with Crippen molar-refractivity contribution in [2.24, 2.45) is 17.8 Å². The lowest BCUT2D eigenvalue weighted by atomic mass is 9.67. The topological polar surface area (TPSA) is 83.8 Å². The number of rotatable bonds is 5. The molecule has 2 bridgehead atoms. The van der Waals surface area contributed by atoms with Crippen LogP contribution < -0.4 is 9.47 Å². The third-order valence-corrected chi connectivity index (χ3v) is 7.24. The van der Waals surface area contributed by atoms with Gasteiger partial charge in [-0.15, -0.1) is 0 Å². The van der Waals surface area contributed by atoms with Gasteiger partial charge in [-0.25, -0.2) is 0 Å². The minimum absolute atomic E-state index is 0.0179. The summed E-state index contributed by atoms with van der Waals surface area (Å²) in [5.74, 6) is 0.809. The predicted molar refractivity (Wildman–Crippen MR) is 120 cm³/mol. The maximum absolute atomic E-state index is 12.9. The maximum Gasteiger partial charge on any atom is 0.309 e. The molecule has 2 heterocycles. The van der Waals surface area contributed by atoms with Gasteiger partial charge in [-0.2, -0.15) is 0 Å². The van der Waals surface area contributed by atoms with Crippen LogP contribution in [0, 0.1) is 31.6 Å². The Hall–Kier alpha value is -3.09. The van der Waals surface area contributed by atoms with Gasteiger partial charge in [-0.3, -0.25) is 14.4 Å². The molecule has 5 rings (SSSR count). The molecule has 0 radical (unpaired) electrons. The second kappa shape index (κ2) is 8.69. The van der Waals surface area contributed by atoms with Crippen molar-refractivity contribution in [2.75, 3.05) is 19.8 Å². The SMILES string of the molecule is Cc1cc(C(=O)COC(=O)C2CC3CCCC(C2)C3=O)c(C)n1-c1ccc2c(c1)OCCO2. The summed E-state index contributed by atoms with van der Waals surface area (Å²) >= 11 is 0. The van der Waals surface area contributed by atoms with Crippen molar-refractivity contribution in [3.05, 3.63) is 41.2 Å². The first-order valence-corrected chi connectivity index (χ1v) is 11.7. The largest absolute Gasteiger partial charge is 0.486 e. The molecule has 7 heteroatoms. The number of hydrogen-bond donors (Lipinski definition) is 0. The van der Waals surface area contributed by atoms with Crippen molar-refractivity contribution in [1.29, 1.82) is 0 Å². The lowest BCUT2D eigenvalue weighted by molar-refractivity contribution is -0.152. The van der Waals surface area contributed by atoms with Gasteiger partial charge in [-0.1, -0.05) is 6.42 Å². The van der Waals surface area contributed by atoms with E-state index in [-0.39, 0.29) is 36.1 Å². The van der Waals surface area contributed by atoms with Gasteiger partial charge in [0.15, 0.2) is 18.1 Å². The first-order chi connectivity index (χ1) is 15.9. The molecule has 2 atom stereocenters. The predicted octanol–water partition coefficient (Wildman–Crippen LogP) is 3.99. The molecule has 2 aliphatic carbocycles. The summed E-state index contributed by atoms with van der Waals surface area (Å²) in [7, 11) is 0. The van der Waals surface area contributed by atoms with E-state index in [2.05, 4.69) is 0 Å². The highest BCUT2D eigenvalue weighted by Crippen LogP contribution is 2.40. The molecule has 0 amide bonds. The Labute approximate surface area is 193 Å². The molecule has 1 aromatic carbocycles. The van der Waals surface area contributed by atoms with Crippen LogP contribution >= 0.6 is 0 Å². The van der Waals surface area contributed by atoms with Crippen LogP contribution in [0.5, 0.6) is 11.5 Å². The molecule has 2 aromatic rings. The van der Waals surface area contributed by atoms with Crippen molar-refractivity contribution >= 4 is 17.5 Å². The summed E-state index contributed by atoms with van der Waals surface area (Å²) in [6.07, 6.45) is 3.90. The minimum Gasteiger partial charge on any atom is -0.486 e. The fraction of sp³-hybridized carbons (Fsp3) is 0.500. The van der Waals surface area contributed by atoms with E-state index in [0.717, 1.165) is 36.3 Å². The normalized spacial score (nSPS) is 23.8. The summed E-state index contributed by atoms with van der Waals surface area (Å²) in [5, 5.41) is 0.